The highest BCUT2D eigenvalue weighted by atomic mass is 79.9. The van der Waals surface area contributed by atoms with Crippen LogP contribution < -0.4 is 24.3 Å². The van der Waals surface area contributed by atoms with Crippen LogP contribution in [-0.2, 0) is 13.0 Å². The van der Waals surface area contributed by atoms with E-state index in [1.807, 2.05) is 31.2 Å². The lowest BCUT2D eigenvalue weighted by Gasteiger charge is -2.15. The van der Waals surface area contributed by atoms with Gasteiger partial charge >= 0.3 is 0 Å². The molecule has 2 aromatic rings. The van der Waals surface area contributed by atoms with Crippen LogP contribution in [0.3, 0.4) is 0 Å². The van der Waals surface area contributed by atoms with Gasteiger partial charge in [-0.15, -0.1) is 0 Å². The van der Waals surface area contributed by atoms with Crippen LogP contribution in [0.25, 0.3) is 0 Å². The van der Waals surface area contributed by atoms with Crippen LogP contribution in [-0.4, -0.2) is 34.0 Å². The normalized spacial score (nSPS) is 10.6. The molecule has 0 unspecified atom stereocenters. The van der Waals surface area contributed by atoms with Crippen molar-refractivity contribution in [2.45, 2.75) is 33.2 Å². The van der Waals surface area contributed by atoms with Gasteiger partial charge in [0.15, 0.2) is 23.0 Å². The number of rotatable bonds is 12. The number of benzene rings is 2. The van der Waals surface area contributed by atoms with Crippen molar-refractivity contribution in [3.8, 4) is 23.0 Å². The van der Waals surface area contributed by atoms with Crippen LogP contribution in [0.15, 0.2) is 34.8 Å². The Labute approximate surface area is 176 Å². The van der Waals surface area contributed by atoms with E-state index in [2.05, 4.69) is 34.2 Å². The molecule has 0 fully saturated rings. The second-order valence-corrected chi connectivity index (χ2v) is 7.14. The molecule has 2 rings (SSSR count). The molecule has 0 radical (unpaired) electrons. The molecule has 0 saturated heterocycles. The van der Waals surface area contributed by atoms with Gasteiger partial charge in [0, 0.05) is 11.0 Å². The third kappa shape index (κ3) is 6.31. The predicted molar refractivity (Wildman–Crippen MR) is 116 cm³/mol. The fraction of sp³-hybridized carbons (Fsp3) is 0.455. The van der Waals surface area contributed by atoms with Gasteiger partial charge in [0.25, 0.3) is 0 Å². The lowest BCUT2D eigenvalue weighted by molar-refractivity contribution is 0.276. The summed E-state index contributed by atoms with van der Waals surface area (Å²) in [7, 11) is 3.30. The first-order chi connectivity index (χ1) is 13.6. The van der Waals surface area contributed by atoms with Crippen molar-refractivity contribution in [3.05, 3.63) is 45.9 Å². The van der Waals surface area contributed by atoms with Crippen LogP contribution in [0.4, 0.5) is 0 Å². The van der Waals surface area contributed by atoms with Gasteiger partial charge in [-0.05, 0) is 61.7 Å². The average Bonchev–Trinajstić information content (AvgIpc) is 2.71. The number of hydrogen-bond donors (Lipinski definition) is 1. The molecule has 28 heavy (non-hydrogen) atoms. The molecule has 154 valence electrons. The minimum atomic E-state index is 0.607. The maximum atomic E-state index is 5.80. The molecule has 5 nitrogen and oxygen atoms in total. The number of nitrogens with one attached hydrogen (secondary N) is 1. The van der Waals surface area contributed by atoms with E-state index in [4.69, 9.17) is 18.9 Å². The Balaban J connectivity index is 1.96. The molecule has 1 N–H and O–H groups in total. The van der Waals surface area contributed by atoms with E-state index in [1.54, 1.807) is 14.2 Å². The van der Waals surface area contributed by atoms with E-state index in [9.17, 15) is 0 Å². The molecular weight excluding hydrogens is 422 g/mol. The first-order valence-electron chi connectivity index (χ1n) is 9.62. The van der Waals surface area contributed by atoms with Crippen LogP contribution in [0, 0.1) is 0 Å². The highest BCUT2D eigenvalue weighted by molar-refractivity contribution is 9.10. The van der Waals surface area contributed by atoms with E-state index in [0.717, 1.165) is 59.0 Å². The molecule has 0 amide bonds. The number of hydrogen-bond acceptors (Lipinski definition) is 5. The van der Waals surface area contributed by atoms with Gasteiger partial charge in [-0.3, -0.25) is 0 Å². The summed E-state index contributed by atoms with van der Waals surface area (Å²) in [5.74, 6) is 3.07. The minimum absolute atomic E-state index is 0.607. The maximum absolute atomic E-state index is 5.80. The Morgan fingerprint density at radius 2 is 1.64 bits per heavy atom. The predicted octanol–water partition coefficient (Wildman–Crippen LogP) is 4.99. The fourth-order valence-electron chi connectivity index (χ4n) is 2.80. The summed E-state index contributed by atoms with van der Waals surface area (Å²) in [6, 6.07) is 10.1. The van der Waals surface area contributed by atoms with E-state index in [1.165, 1.54) is 5.56 Å². The molecule has 0 aliphatic rings. The number of ether oxygens (including phenoxy) is 4. The largest absolute Gasteiger partial charge is 0.493 e. The zero-order chi connectivity index (χ0) is 20.4. The van der Waals surface area contributed by atoms with Gasteiger partial charge in [0.2, 0.25) is 0 Å². The first kappa shape index (κ1) is 22.4. The van der Waals surface area contributed by atoms with Gasteiger partial charge in [-0.25, -0.2) is 0 Å². The topological polar surface area (TPSA) is 49.0 Å². The van der Waals surface area contributed by atoms with Crippen molar-refractivity contribution in [1.82, 2.24) is 5.32 Å². The van der Waals surface area contributed by atoms with Crippen molar-refractivity contribution in [1.29, 1.82) is 0 Å². The molecule has 0 saturated carbocycles. The summed E-state index contributed by atoms with van der Waals surface area (Å²) >= 11 is 3.65. The summed E-state index contributed by atoms with van der Waals surface area (Å²) < 4.78 is 23.2. The Morgan fingerprint density at radius 1 is 0.893 bits per heavy atom. The molecule has 2 aromatic carbocycles. The van der Waals surface area contributed by atoms with Crippen LogP contribution in [0.2, 0.25) is 0 Å². The van der Waals surface area contributed by atoms with Gasteiger partial charge in [0.05, 0.1) is 27.4 Å². The Bertz CT molecular complexity index is 752. The van der Waals surface area contributed by atoms with E-state index < -0.39 is 0 Å². The number of halogens is 1. The molecular formula is C22H30BrNO4. The van der Waals surface area contributed by atoms with Crippen LogP contribution in [0.1, 0.15) is 31.4 Å². The second-order valence-electron chi connectivity index (χ2n) is 6.29. The number of methoxy groups -OCH3 is 2. The lowest BCUT2D eigenvalue weighted by Crippen LogP contribution is -2.17. The molecule has 0 aliphatic heterocycles. The molecule has 6 heteroatoms. The summed E-state index contributed by atoms with van der Waals surface area (Å²) in [5, 5.41) is 3.49. The van der Waals surface area contributed by atoms with E-state index in [-0.39, 0.29) is 0 Å². The first-order valence-corrected chi connectivity index (χ1v) is 10.4. The standard InChI is InChI=1S/C22H30BrNO4/c1-5-11-28-22-14-18(23)17(13-21(22)27-6-2)15-24-10-9-16-7-8-19(25-3)20(12-16)26-4/h7-8,12-14,24H,5-6,9-11,15H2,1-4H3. The van der Waals surface area contributed by atoms with Crippen LogP contribution in [0.5, 0.6) is 23.0 Å². The Hall–Kier alpha value is -1.92. The van der Waals surface area contributed by atoms with Crippen molar-refractivity contribution in [3.63, 3.8) is 0 Å². The van der Waals surface area contributed by atoms with Crippen LogP contribution >= 0.6 is 15.9 Å². The maximum Gasteiger partial charge on any atom is 0.162 e. The zero-order valence-electron chi connectivity index (χ0n) is 17.1. The molecule has 0 spiro atoms. The molecule has 0 aliphatic carbocycles. The van der Waals surface area contributed by atoms with Crippen molar-refractivity contribution >= 4 is 15.9 Å². The molecule has 0 atom stereocenters. The highest BCUT2D eigenvalue weighted by Gasteiger charge is 2.11. The van der Waals surface area contributed by atoms with E-state index in [0.29, 0.717) is 13.2 Å². The Kier molecular flexibility index (Phi) is 9.44. The third-order valence-corrected chi connectivity index (χ3v) is 4.97. The van der Waals surface area contributed by atoms with Gasteiger partial charge in [-0.2, -0.15) is 0 Å². The summed E-state index contributed by atoms with van der Waals surface area (Å²) in [5.41, 5.74) is 2.34. The molecule has 0 bridgehead atoms. The van der Waals surface area contributed by atoms with Crippen molar-refractivity contribution in [2.75, 3.05) is 34.0 Å². The van der Waals surface area contributed by atoms with Gasteiger partial charge in [0.1, 0.15) is 0 Å². The lowest BCUT2D eigenvalue weighted by atomic mass is 10.1. The Morgan fingerprint density at radius 3 is 2.32 bits per heavy atom. The second kappa shape index (κ2) is 11.8. The minimum Gasteiger partial charge on any atom is -0.493 e. The van der Waals surface area contributed by atoms with Gasteiger partial charge in [-0.1, -0.05) is 28.9 Å². The molecule has 0 aromatic heterocycles. The zero-order valence-corrected chi connectivity index (χ0v) is 18.7. The summed E-state index contributed by atoms with van der Waals surface area (Å²) in [6.07, 6.45) is 1.86. The molecule has 0 heterocycles. The quantitative estimate of drug-likeness (QED) is 0.460. The van der Waals surface area contributed by atoms with Gasteiger partial charge < -0.3 is 24.3 Å². The van der Waals surface area contributed by atoms with Crippen molar-refractivity contribution < 1.29 is 18.9 Å². The van der Waals surface area contributed by atoms with Crippen molar-refractivity contribution in [2.24, 2.45) is 0 Å². The monoisotopic (exact) mass is 451 g/mol. The smallest absolute Gasteiger partial charge is 0.162 e. The highest BCUT2D eigenvalue weighted by Crippen LogP contribution is 2.34. The SMILES string of the molecule is CCCOc1cc(Br)c(CNCCc2ccc(OC)c(OC)c2)cc1OCC. The van der Waals surface area contributed by atoms with E-state index >= 15 is 0 Å². The summed E-state index contributed by atoms with van der Waals surface area (Å²) in [6.45, 7) is 6.94. The summed E-state index contributed by atoms with van der Waals surface area (Å²) in [4.78, 5) is 0. The average molecular weight is 452 g/mol. The third-order valence-electron chi connectivity index (χ3n) is 4.23. The fourth-order valence-corrected chi connectivity index (χ4v) is 3.26.